The van der Waals surface area contributed by atoms with Gasteiger partial charge >= 0.3 is 6.03 Å². The van der Waals surface area contributed by atoms with E-state index in [0.29, 0.717) is 23.5 Å². The number of nitrogens with zero attached hydrogens (tertiary/aromatic N) is 1. The summed E-state index contributed by atoms with van der Waals surface area (Å²) < 4.78 is 0. The minimum absolute atomic E-state index is 0.0346. The molecule has 6 nitrogen and oxygen atoms in total. The Kier molecular flexibility index (Phi) is 5.53. The van der Waals surface area contributed by atoms with Gasteiger partial charge in [-0.25, -0.2) is 4.79 Å². The quantitative estimate of drug-likeness (QED) is 0.793. The summed E-state index contributed by atoms with van der Waals surface area (Å²) in [6, 6.07) is 14.3. The predicted octanol–water partition coefficient (Wildman–Crippen LogP) is 3.20. The highest BCUT2D eigenvalue weighted by Gasteiger charge is 2.22. The molecule has 1 aliphatic heterocycles. The lowest BCUT2D eigenvalue weighted by molar-refractivity contribution is 0.0709. The number of nitrogens with two attached hydrogens (primary N) is 1. The van der Waals surface area contributed by atoms with E-state index in [2.05, 4.69) is 10.6 Å². The third-order valence-corrected chi connectivity index (χ3v) is 4.51. The molecule has 1 fully saturated rings. The van der Waals surface area contributed by atoms with E-state index < -0.39 is 0 Å². The van der Waals surface area contributed by atoms with Gasteiger partial charge in [-0.15, -0.1) is 0 Å². The molecule has 1 heterocycles. The fourth-order valence-electron chi connectivity index (χ4n) is 3.07. The first-order chi connectivity index (χ1) is 12.5. The van der Waals surface area contributed by atoms with Crippen LogP contribution in [0.5, 0.6) is 0 Å². The number of piperidine rings is 1. The molecule has 4 N–H and O–H groups in total. The SMILES string of the molecule is Cc1ccc(C(=O)N2CCCC(N)C2)cc1NC(=O)Nc1ccccc1. The zero-order valence-electron chi connectivity index (χ0n) is 14.9. The number of anilines is 2. The zero-order valence-corrected chi connectivity index (χ0v) is 14.9. The van der Waals surface area contributed by atoms with Crippen molar-refractivity contribution >= 4 is 23.3 Å². The molecule has 1 saturated heterocycles. The van der Waals surface area contributed by atoms with Gasteiger partial charge in [-0.2, -0.15) is 0 Å². The molecule has 2 aromatic carbocycles. The van der Waals surface area contributed by atoms with Gasteiger partial charge in [-0.3, -0.25) is 4.79 Å². The second kappa shape index (κ2) is 8.01. The van der Waals surface area contributed by atoms with Crippen molar-refractivity contribution in [1.82, 2.24) is 4.90 Å². The standard InChI is InChI=1S/C20H24N4O2/c1-14-9-10-15(19(25)24-11-5-6-16(21)13-24)12-18(14)23-20(26)22-17-7-3-2-4-8-17/h2-4,7-10,12,16H,5-6,11,13,21H2,1H3,(H2,22,23,26). The molecule has 0 saturated carbocycles. The van der Waals surface area contributed by atoms with Crippen molar-refractivity contribution in [1.29, 1.82) is 0 Å². The Labute approximate surface area is 153 Å². The first-order valence-corrected chi connectivity index (χ1v) is 8.81. The topological polar surface area (TPSA) is 87.5 Å². The van der Waals surface area contributed by atoms with E-state index in [9.17, 15) is 9.59 Å². The highest BCUT2D eigenvalue weighted by molar-refractivity contribution is 6.02. The van der Waals surface area contributed by atoms with Gasteiger partial charge in [-0.05, 0) is 49.6 Å². The van der Waals surface area contributed by atoms with Crippen LogP contribution in [0.15, 0.2) is 48.5 Å². The van der Waals surface area contributed by atoms with Crippen LogP contribution in [0.4, 0.5) is 16.2 Å². The van der Waals surface area contributed by atoms with E-state index in [1.165, 1.54) is 0 Å². The molecule has 26 heavy (non-hydrogen) atoms. The summed E-state index contributed by atoms with van der Waals surface area (Å²) in [5.74, 6) is -0.0494. The van der Waals surface area contributed by atoms with Gasteiger partial charge in [0.25, 0.3) is 5.91 Å². The molecular weight excluding hydrogens is 328 g/mol. The number of hydrogen-bond acceptors (Lipinski definition) is 3. The van der Waals surface area contributed by atoms with E-state index in [4.69, 9.17) is 5.73 Å². The maximum Gasteiger partial charge on any atom is 0.323 e. The van der Waals surface area contributed by atoms with Crippen molar-refractivity contribution in [3.63, 3.8) is 0 Å². The Hall–Kier alpha value is -2.86. The van der Waals surface area contributed by atoms with Crippen LogP contribution in [0.1, 0.15) is 28.8 Å². The van der Waals surface area contributed by atoms with Crippen LogP contribution in [0, 0.1) is 6.92 Å². The fourth-order valence-corrected chi connectivity index (χ4v) is 3.07. The van der Waals surface area contributed by atoms with Crippen molar-refractivity contribution in [2.24, 2.45) is 5.73 Å². The normalized spacial score (nSPS) is 16.8. The third kappa shape index (κ3) is 4.40. The van der Waals surface area contributed by atoms with Crippen LogP contribution < -0.4 is 16.4 Å². The third-order valence-electron chi connectivity index (χ3n) is 4.51. The zero-order chi connectivity index (χ0) is 18.5. The Morgan fingerprint density at radius 3 is 2.62 bits per heavy atom. The Bertz CT molecular complexity index is 792. The number of nitrogens with one attached hydrogen (secondary N) is 2. The molecular formula is C20H24N4O2. The summed E-state index contributed by atoms with van der Waals surface area (Å²) in [6.45, 7) is 3.19. The van der Waals surface area contributed by atoms with E-state index in [-0.39, 0.29) is 18.0 Å². The summed E-state index contributed by atoms with van der Waals surface area (Å²) in [6.07, 6.45) is 1.87. The smallest absolute Gasteiger partial charge is 0.323 e. The number of urea groups is 1. The molecule has 3 amide bonds. The van der Waals surface area contributed by atoms with Crippen molar-refractivity contribution in [2.45, 2.75) is 25.8 Å². The summed E-state index contributed by atoms with van der Waals surface area (Å²) in [7, 11) is 0. The van der Waals surface area contributed by atoms with Crippen LogP contribution in [0.25, 0.3) is 0 Å². The molecule has 1 atom stereocenters. The molecule has 136 valence electrons. The highest BCUT2D eigenvalue weighted by atomic mass is 16.2. The number of para-hydroxylation sites is 1. The van der Waals surface area contributed by atoms with E-state index in [1.807, 2.05) is 43.3 Å². The van der Waals surface area contributed by atoms with Gasteiger partial charge in [0.05, 0.1) is 0 Å². The predicted molar refractivity (Wildman–Crippen MR) is 103 cm³/mol. The molecule has 0 aliphatic carbocycles. The molecule has 0 aromatic heterocycles. The number of amides is 3. The first-order valence-electron chi connectivity index (χ1n) is 8.81. The van der Waals surface area contributed by atoms with Crippen LogP contribution >= 0.6 is 0 Å². The number of rotatable bonds is 3. The molecule has 6 heteroatoms. The van der Waals surface area contributed by atoms with Crippen LogP contribution in [-0.2, 0) is 0 Å². The van der Waals surface area contributed by atoms with Crippen molar-refractivity contribution in [2.75, 3.05) is 23.7 Å². The van der Waals surface area contributed by atoms with Crippen LogP contribution in [-0.4, -0.2) is 36.0 Å². The molecule has 1 unspecified atom stereocenters. The van der Waals surface area contributed by atoms with Crippen LogP contribution in [0.3, 0.4) is 0 Å². The maximum absolute atomic E-state index is 12.7. The minimum Gasteiger partial charge on any atom is -0.337 e. The maximum atomic E-state index is 12.7. The Morgan fingerprint density at radius 2 is 1.88 bits per heavy atom. The number of carbonyl (C=O) groups excluding carboxylic acids is 2. The van der Waals surface area contributed by atoms with Gasteiger partial charge < -0.3 is 21.3 Å². The second-order valence-corrected chi connectivity index (χ2v) is 6.63. The van der Waals surface area contributed by atoms with Crippen molar-refractivity contribution in [3.05, 3.63) is 59.7 Å². The largest absolute Gasteiger partial charge is 0.337 e. The molecule has 0 spiro atoms. The number of carbonyl (C=O) groups is 2. The molecule has 3 rings (SSSR count). The van der Waals surface area contributed by atoms with Crippen LogP contribution in [0.2, 0.25) is 0 Å². The van der Waals surface area contributed by atoms with Gasteiger partial charge in [0.1, 0.15) is 0 Å². The van der Waals surface area contributed by atoms with E-state index >= 15 is 0 Å². The first kappa shape index (κ1) is 17.9. The molecule has 0 radical (unpaired) electrons. The van der Waals surface area contributed by atoms with Gasteiger partial charge in [0, 0.05) is 36.1 Å². The summed E-state index contributed by atoms with van der Waals surface area (Å²) in [4.78, 5) is 26.7. The summed E-state index contributed by atoms with van der Waals surface area (Å²) in [5.41, 5.74) is 8.74. The van der Waals surface area contributed by atoms with Gasteiger partial charge in [0.15, 0.2) is 0 Å². The van der Waals surface area contributed by atoms with E-state index in [0.717, 1.165) is 24.9 Å². The average molecular weight is 352 g/mol. The lowest BCUT2D eigenvalue weighted by atomic mass is 10.0. The minimum atomic E-state index is -0.344. The monoisotopic (exact) mass is 352 g/mol. The van der Waals surface area contributed by atoms with Crippen molar-refractivity contribution < 1.29 is 9.59 Å². The Balaban J connectivity index is 1.71. The number of benzene rings is 2. The van der Waals surface area contributed by atoms with Crippen molar-refractivity contribution in [3.8, 4) is 0 Å². The fraction of sp³-hybridized carbons (Fsp3) is 0.300. The molecule has 1 aliphatic rings. The summed E-state index contributed by atoms with van der Waals surface area (Å²) >= 11 is 0. The number of aryl methyl sites for hydroxylation is 1. The summed E-state index contributed by atoms with van der Waals surface area (Å²) in [5, 5.41) is 5.59. The lowest BCUT2D eigenvalue weighted by Crippen LogP contribution is -2.45. The highest BCUT2D eigenvalue weighted by Crippen LogP contribution is 2.20. The molecule has 0 bridgehead atoms. The number of likely N-dealkylation sites (tertiary alicyclic amines) is 1. The van der Waals surface area contributed by atoms with Gasteiger partial charge in [0.2, 0.25) is 0 Å². The Morgan fingerprint density at radius 1 is 1.12 bits per heavy atom. The molecule has 2 aromatic rings. The van der Waals surface area contributed by atoms with Gasteiger partial charge in [-0.1, -0.05) is 24.3 Å². The average Bonchev–Trinajstić information content (AvgIpc) is 2.64. The van der Waals surface area contributed by atoms with E-state index in [1.54, 1.807) is 17.0 Å². The second-order valence-electron chi connectivity index (χ2n) is 6.63. The number of hydrogen-bond donors (Lipinski definition) is 3. The lowest BCUT2D eigenvalue weighted by Gasteiger charge is -2.31.